The highest BCUT2D eigenvalue weighted by Crippen LogP contribution is 2.31. The fourth-order valence-electron chi connectivity index (χ4n) is 1.68. The molecule has 1 aromatic carbocycles. The van der Waals surface area contributed by atoms with Gasteiger partial charge in [-0.15, -0.1) is 0 Å². The highest BCUT2D eigenvalue weighted by Gasteiger charge is 2.31. The molecule has 108 valence electrons. The Hall–Kier alpha value is -2.26. The minimum Gasteiger partial charge on any atom is -0.380 e. The lowest BCUT2D eigenvalue weighted by Gasteiger charge is -2.11. The molecule has 7 heteroatoms. The van der Waals surface area contributed by atoms with Crippen LogP contribution < -0.4 is 5.32 Å². The van der Waals surface area contributed by atoms with Gasteiger partial charge in [-0.3, -0.25) is 0 Å². The van der Waals surface area contributed by atoms with Crippen molar-refractivity contribution in [2.45, 2.75) is 12.7 Å². The zero-order valence-corrected chi connectivity index (χ0v) is 11.3. The van der Waals surface area contributed by atoms with Crippen molar-refractivity contribution >= 4 is 17.3 Å². The summed E-state index contributed by atoms with van der Waals surface area (Å²) in [4.78, 5) is 3.89. The molecule has 0 bridgehead atoms. The average molecular weight is 312 g/mol. The average Bonchev–Trinajstić information content (AvgIpc) is 2.45. The van der Waals surface area contributed by atoms with Gasteiger partial charge in [-0.1, -0.05) is 17.7 Å². The number of halogens is 4. The second kappa shape index (κ2) is 6.02. The number of nitrogens with one attached hydrogen (secondary N) is 1. The van der Waals surface area contributed by atoms with Crippen molar-refractivity contribution in [2.75, 3.05) is 5.32 Å². The van der Waals surface area contributed by atoms with Crippen LogP contribution in [0.1, 0.15) is 16.7 Å². The van der Waals surface area contributed by atoms with Crippen LogP contribution in [0.3, 0.4) is 0 Å². The van der Waals surface area contributed by atoms with Crippen LogP contribution >= 0.6 is 11.6 Å². The Balaban J connectivity index is 2.17. The zero-order valence-electron chi connectivity index (χ0n) is 10.6. The minimum absolute atomic E-state index is 0.0632. The summed E-state index contributed by atoms with van der Waals surface area (Å²) in [5.41, 5.74) is 0.216. The number of pyridine rings is 1. The molecule has 1 N–H and O–H groups in total. The van der Waals surface area contributed by atoms with Crippen molar-refractivity contribution < 1.29 is 13.2 Å². The Bertz CT molecular complexity index is 675. The summed E-state index contributed by atoms with van der Waals surface area (Å²) >= 11 is 5.66. The molecule has 0 saturated carbocycles. The van der Waals surface area contributed by atoms with Crippen molar-refractivity contribution in [1.29, 1.82) is 5.26 Å². The Kier molecular flexibility index (Phi) is 4.34. The standard InChI is InChI=1S/C14H9ClF3N3/c15-13-4-1-9(8-21-13)7-20-12-3-2-11(14(16,17)18)5-10(12)6-19/h1-5,8,20H,7H2. The number of nitriles is 1. The first-order chi connectivity index (χ1) is 9.90. The molecule has 1 heterocycles. The van der Waals surface area contributed by atoms with E-state index in [0.29, 0.717) is 17.4 Å². The summed E-state index contributed by atoms with van der Waals surface area (Å²) in [5.74, 6) is 0. The number of benzene rings is 1. The minimum atomic E-state index is -4.47. The largest absolute Gasteiger partial charge is 0.416 e. The van der Waals surface area contributed by atoms with Crippen LogP contribution in [-0.2, 0) is 12.7 Å². The molecule has 1 aromatic heterocycles. The number of alkyl halides is 3. The molecule has 2 aromatic rings. The second-order valence-corrected chi connectivity index (χ2v) is 4.60. The number of hydrogen-bond donors (Lipinski definition) is 1. The highest BCUT2D eigenvalue weighted by molar-refractivity contribution is 6.29. The summed E-state index contributed by atoms with van der Waals surface area (Å²) in [6, 6.07) is 8.09. The Morgan fingerprint density at radius 3 is 2.57 bits per heavy atom. The maximum Gasteiger partial charge on any atom is 0.416 e. The van der Waals surface area contributed by atoms with Gasteiger partial charge in [0.05, 0.1) is 16.8 Å². The van der Waals surface area contributed by atoms with Crippen LogP contribution in [0.5, 0.6) is 0 Å². The molecule has 0 radical (unpaired) electrons. The van der Waals surface area contributed by atoms with Crippen LogP contribution in [0.15, 0.2) is 36.5 Å². The molecule has 0 aliphatic carbocycles. The number of aromatic nitrogens is 1. The van der Waals surface area contributed by atoms with Gasteiger partial charge in [0.1, 0.15) is 11.2 Å². The molecule has 21 heavy (non-hydrogen) atoms. The van der Waals surface area contributed by atoms with E-state index in [9.17, 15) is 13.2 Å². The second-order valence-electron chi connectivity index (χ2n) is 4.21. The summed E-state index contributed by atoms with van der Waals surface area (Å²) in [5, 5.41) is 12.2. The predicted octanol–water partition coefficient (Wildman–Crippen LogP) is 4.24. The summed E-state index contributed by atoms with van der Waals surface area (Å²) in [6.07, 6.45) is -2.92. The number of hydrogen-bond acceptors (Lipinski definition) is 3. The third kappa shape index (κ3) is 3.86. The first-order valence-corrected chi connectivity index (χ1v) is 6.23. The predicted molar refractivity (Wildman–Crippen MR) is 72.7 cm³/mol. The van der Waals surface area contributed by atoms with Gasteiger partial charge < -0.3 is 5.32 Å². The summed E-state index contributed by atoms with van der Waals surface area (Å²) in [6.45, 7) is 0.324. The van der Waals surface area contributed by atoms with E-state index in [0.717, 1.165) is 17.7 Å². The highest BCUT2D eigenvalue weighted by atomic mass is 35.5. The topological polar surface area (TPSA) is 48.7 Å². The van der Waals surface area contributed by atoms with Gasteiger partial charge in [0, 0.05) is 12.7 Å². The molecule has 3 nitrogen and oxygen atoms in total. The van der Waals surface area contributed by atoms with E-state index in [1.54, 1.807) is 24.4 Å². The first kappa shape index (κ1) is 15.1. The monoisotopic (exact) mass is 311 g/mol. The van der Waals surface area contributed by atoms with E-state index in [1.165, 1.54) is 6.07 Å². The maximum atomic E-state index is 12.6. The van der Waals surface area contributed by atoms with Crippen molar-refractivity contribution in [3.63, 3.8) is 0 Å². The number of anilines is 1. The molecule has 0 unspecified atom stereocenters. The molecule has 0 atom stereocenters. The molecule has 0 fully saturated rings. The molecule has 2 rings (SSSR count). The number of rotatable bonds is 3. The SMILES string of the molecule is N#Cc1cc(C(F)(F)F)ccc1NCc1ccc(Cl)nc1. The van der Waals surface area contributed by atoms with E-state index in [2.05, 4.69) is 10.3 Å². The van der Waals surface area contributed by atoms with Gasteiger partial charge in [0.25, 0.3) is 0 Å². The van der Waals surface area contributed by atoms with E-state index in [-0.39, 0.29) is 5.56 Å². The van der Waals surface area contributed by atoms with Gasteiger partial charge in [0.15, 0.2) is 0 Å². The molecular weight excluding hydrogens is 303 g/mol. The third-order valence-electron chi connectivity index (χ3n) is 2.74. The Morgan fingerprint density at radius 1 is 1.24 bits per heavy atom. The first-order valence-electron chi connectivity index (χ1n) is 5.86. The van der Waals surface area contributed by atoms with Crippen molar-refractivity contribution in [1.82, 2.24) is 4.98 Å². The Morgan fingerprint density at radius 2 is 2.00 bits per heavy atom. The van der Waals surface area contributed by atoms with Gasteiger partial charge in [-0.25, -0.2) is 4.98 Å². The van der Waals surface area contributed by atoms with Crippen LogP contribution in [0.2, 0.25) is 5.15 Å². The van der Waals surface area contributed by atoms with Gasteiger partial charge in [-0.05, 0) is 29.8 Å². The normalized spacial score (nSPS) is 11.0. The summed E-state index contributed by atoms with van der Waals surface area (Å²) < 4.78 is 37.7. The molecule has 0 aliphatic heterocycles. The fourth-order valence-corrected chi connectivity index (χ4v) is 1.79. The molecule has 0 aliphatic rings. The van der Waals surface area contributed by atoms with Crippen LogP contribution in [0, 0.1) is 11.3 Å². The zero-order chi connectivity index (χ0) is 15.5. The van der Waals surface area contributed by atoms with E-state index in [1.807, 2.05) is 0 Å². The van der Waals surface area contributed by atoms with Gasteiger partial charge in [-0.2, -0.15) is 18.4 Å². The number of nitrogens with zero attached hydrogens (tertiary/aromatic N) is 2. The lowest BCUT2D eigenvalue weighted by Crippen LogP contribution is -2.07. The van der Waals surface area contributed by atoms with Crippen LogP contribution in [0.25, 0.3) is 0 Å². The van der Waals surface area contributed by atoms with Crippen molar-refractivity contribution in [2.24, 2.45) is 0 Å². The summed E-state index contributed by atoms with van der Waals surface area (Å²) in [7, 11) is 0. The van der Waals surface area contributed by atoms with Gasteiger partial charge in [0.2, 0.25) is 0 Å². The van der Waals surface area contributed by atoms with Crippen molar-refractivity contribution in [3.05, 3.63) is 58.4 Å². The molecular formula is C14H9ClF3N3. The Labute approximate surface area is 124 Å². The van der Waals surface area contributed by atoms with E-state index in [4.69, 9.17) is 16.9 Å². The molecule has 0 saturated heterocycles. The lowest BCUT2D eigenvalue weighted by molar-refractivity contribution is -0.137. The molecule has 0 amide bonds. The van der Waals surface area contributed by atoms with E-state index >= 15 is 0 Å². The van der Waals surface area contributed by atoms with Crippen LogP contribution in [0.4, 0.5) is 18.9 Å². The lowest BCUT2D eigenvalue weighted by atomic mass is 10.1. The fraction of sp³-hybridized carbons (Fsp3) is 0.143. The third-order valence-corrected chi connectivity index (χ3v) is 2.96. The molecule has 0 spiro atoms. The van der Waals surface area contributed by atoms with Crippen LogP contribution in [-0.4, -0.2) is 4.98 Å². The van der Waals surface area contributed by atoms with E-state index < -0.39 is 11.7 Å². The van der Waals surface area contributed by atoms with Crippen molar-refractivity contribution in [3.8, 4) is 6.07 Å². The maximum absolute atomic E-state index is 12.6. The smallest absolute Gasteiger partial charge is 0.380 e. The van der Waals surface area contributed by atoms with Gasteiger partial charge >= 0.3 is 6.18 Å². The quantitative estimate of drug-likeness (QED) is 0.863.